The van der Waals surface area contributed by atoms with Gasteiger partial charge in [-0.2, -0.15) is 4.98 Å². The molecular formula is C10H10ClN3O. The predicted molar refractivity (Wildman–Crippen MR) is 57.3 cm³/mol. The van der Waals surface area contributed by atoms with E-state index in [1.807, 2.05) is 12.1 Å². The van der Waals surface area contributed by atoms with Gasteiger partial charge < -0.3 is 10.3 Å². The molecule has 2 rings (SSSR count). The normalized spacial score (nSPS) is 12.7. The molecule has 0 fully saturated rings. The number of benzene rings is 1. The van der Waals surface area contributed by atoms with Crippen molar-refractivity contribution >= 4 is 11.6 Å². The van der Waals surface area contributed by atoms with Gasteiger partial charge in [-0.05, 0) is 31.2 Å². The minimum Gasteiger partial charge on any atom is -0.334 e. The van der Waals surface area contributed by atoms with Gasteiger partial charge in [-0.25, -0.2) is 0 Å². The molecule has 0 saturated carbocycles. The Morgan fingerprint density at radius 2 is 2.00 bits per heavy atom. The second-order valence-electron chi connectivity index (χ2n) is 3.25. The van der Waals surface area contributed by atoms with Crippen molar-refractivity contribution < 1.29 is 4.52 Å². The highest BCUT2D eigenvalue weighted by Gasteiger charge is 2.11. The topological polar surface area (TPSA) is 64.9 Å². The maximum absolute atomic E-state index is 5.77. The van der Waals surface area contributed by atoms with Crippen LogP contribution in [0.1, 0.15) is 18.8 Å². The maximum Gasteiger partial charge on any atom is 0.257 e. The molecule has 0 aliphatic rings. The van der Waals surface area contributed by atoms with Crippen molar-refractivity contribution in [1.82, 2.24) is 10.1 Å². The molecule has 2 N–H and O–H groups in total. The van der Waals surface area contributed by atoms with E-state index in [1.165, 1.54) is 0 Å². The number of rotatable bonds is 2. The molecule has 0 saturated heterocycles. The minimum absolute atomic E-state index is 0.227. The molecule has 0 bridgehead atoms. The maximum atomic E-state index is 5.77. The summed E-state index contributed by atoms with van der Waals surface area (Å²) in [4.78, 5) is 4.16. The van der Waals surface area contributed by atoms with E-state index >= 15 is 0 Å². The predicted octanol–water partition coefficient (Wildman–Crippen LogP) is 2.41. The molecule has 1 aromatic carbocycles. The molecule has 0 amide bonds. The summed E-state index contributed by atoms with van der Waals surface area (Å²) in [5.41, 5.74) is 6.46. The Kier molecular flexibility index (Phi) is 2.70. The zero-order valence-corrected chi connectivity index (χ0v) is 8.90. The van der Waals surface area contributed by atoms with Crippen LogP contribution in [0.25, 0.3) is 11.5 Å². The van der Waals surface area contributed by atoms with Crippen molar-refractivity contribution in [1.29, 1.82) is 0 Å². The fourth-order valence-electron chi connectivity index (χ4n) is 1.13. The first-order valence-electron chi connectivity index (χ1n) is 4.52. The van der Waals surface area contributed by atoms with Gasteiger partial charge in [0.15, 0.2) is 5.82 Å². The molecule has 1 aromatic heterocycles. The van der Waals surface area contributed by atoms with E-state index < -0.39 is 0 Å². The SMILES string of the molecule is CC(N)c1noc(-c2ccc(Cl)cc2)n1. The number of hydrogen-bond acceptors (Lipinski definition) is 4. The van der Waals surface area contributed by atoms with Crippen LogP contribution < -0.4 is 5.73 Å². The average Bonchev–Trinajstić information content (AvgIpc) is 2.68. The van der Waals surface area contributed by atoms with Crippen molar-refractivity contribution in [2.24, 2.45) is 5.73 Å². The highest BCUT2D eigenvalue weighted by Crippen LogP contribution is 2.20. The fraction of sp³-hybridized carbons (Fsp3) is 0.200. The van der Waals surface area contributed by atoms with Crippen molar-refractivity contribution in [2.45, 2.75) is 13.0 Å². The highest BCUT2D eigenvalue weighted by molar-refractivity contribution is 6.30. The Bertz CT molecular complexity index is 450. The van der Waals surface area contributed by atoms with E-state index in [4.69, 9.17) is 21.9 Å². The summed E-state index contributed by atoms with van der Waals surface area (Å²) < 4.78 is 5.07. The number of aromatic nitrogens is 2. The molecule has 2 aromatic rings. The van der Waals surface area contributed by atoms with Gasteiger partial charge in [-0.3, -0.25) is 0 Å². The van der Waals surface area contributed by atoms with Crippen molar-refractivity contribution in [2.75, 3.05) is 0 Å². The smallest absolute Gasteiger partial charge is 0.257 e. The Morgan fingerprint density at radius 1 is 1.33 bits per heavy atom. The van der Waals surface area contributed by atoms with Crippen LogP contribution >= 0.6 is 11.6 Å². The number of hydrogen-bond donors (Lipinski definition) is 1. The lowest BCUT2D eigenvalue weighted by Gasteiger charge is -1.94. The van der Waals surface area contributed by atoms with Gasteiger partial charge in [-0.1, -0.05) is 16.8 Å². The summed E-state index contributed by atoms with van der Waals surface area (Å²) in [5, 5.41) is 4.44. The van der Waals surface area contributed by atoms with E-state index in [1.54, 1.807) is 19.1 Å². The van der Waals surface area contributed by atoms with Crippen molar-refractivity contribution in [3.63, 3.8) is 0 Å². The van der Waals surface area contributed by atoms with Gasteiger partial charge >= 0.3 is 0 Å². The molecule has 78 valence electrons. The third kappa shape index (κ3) is 2.16. The van der Waals surface area contributed by atoms with Crippen molar-refractivity contribution in [3.8, 4) is 11.5 Å². The number of nitrogens with two attached hydrogens (primary N) is 1. The third-order valence-corrected chi connectivity index (χ3v) is 2.19. The number of nitrogens with zero attached hydrogens (tertiary/aromatic N) is 2. The molecule has 4 nitrogen and oxygen atoms in total. The summed E-state index contributed by atoms with van der Waals surface area (Å²) in [6.07, 6.45) is 0. The van der Waals surface area contributed by atoms with Crippen LogP contribution in [-0.4, -0.2) is 10.1 Å². The molecule has 0 radical (unpaired) electrons. The zero-order chi connectivity index (χ0) is 10.8. The molecule has 5 heteroatoms. The highest BCUT2D eigenvalue weighted by atomic mass is 35.5. The number of halogens is 1. The van der Waals surface area contributed by atoms with E-state index in [0.29, 0.717) is 16.7 Å². The van der Waals surface area contributed by atoms with E-state index in [0.717, 1.165) is 5.56 Å². The molecule has 0 spiro atoms. The van der Waals surface area contributed by atoms with Crippen LogP contribution in [0.15, 0.2) is 28.8 Å². The molecular weight excluding hydrogens is 214 g/mol. The lowest BCUT2D eigenvalue weighted by molar-refractivity contribution is 0.418. The summed E-state index contributed by atoms with van der Waals surface area (Å²) >= 11 is 5.77. The van der Waals surface area contributed by atoms with E-state index in [-0.39, 0.29) is 6.04 Å². The van der Waals surface area contributed by atoms with Gasteiger partial charge in [-0.15, -0.1) is 0 Å². The minimum atomic E-state index is -0.227. The van der Waals surface area contributed by atoms with Gasteiger partial charge in [0.1, 0.15) is 0 Å². The monoisotopic (exact) mass is 223 g/mol. The molecule has 15 heavy (non-hydrogen) atoms. The second kappa shape index (κ2) is 4.00. The third-order valence-electron chi connectivity index (χ3n) is 1.94. The van der Waals surface area contributed by atoms with Gasteiger partial charge in [0, 0.05) is 10.6 Å². The summed E-state index contributed by atoms with van der Waals surface area (Å²) in [7, 11) is 0. The molecule has 1 unspecified atom stereocenters. The summed E-state index contributed by atoms with van der Waals surface area (Å²) in [5.74, 6) is 0.957. The van der Waals surface area contributed by atoms with Crippen LogP contribution in [0.3, 0.4) is 0 Å². The van der Waals surface area contributed by atoms with Gasteiger partial charge in [0.2, 0.25) is 0 Å². The lowest BCUT2D eigenvalue weighted by atomic mass is 10.2. The van der Waals surface area contributed by atoms with E-state index in [9.17, 15) is 0 Å². The summed E-state index contributed by atoms with van der Waals surface area (Å²) in [6, 6.07) is 6.95. The van der Waals surface area contributed by atoms with Crippen LogP contribution in [0, 0.1) is 0 Å². The Morgan fingerprint density at radius 3 is 2.53 bits per heavy atom. The average molecular weight is 224 g/mol. The quantitative estimate of drug-likeness (QED) is 0.849. The van der Waals surface area contributed by atoms with Gasteiger partial charge in [0.05, 0.1) is 6.04 Å². The first-order valence-corrected chi connectivity index (χ1v) is 4.90. The standard InChI is InChI=1S/C10H10ClN3O/c1-6(12)9-13-10(15-14-9)7-2-4-8(11)5-3-7/h2-6H,12H2,1H3. The van der Waals surface area contributed by atoms with Gasteiger partial charge in [0.25, 0.3) is 5.89 Å². The van der Waals surface area contributed by atoms with Crippen LogP contribution in [0.4, 0.5) is 0 Å². The fourth-order valence-corrected chi connectivity index (χ4v) is 1.26. The van der Waals surface area contributed by atoms with Crippen molar-refractivity contribution in [3.05, 3.63) is 35.1 Å². The molecule has 1 atom stereocenters. The van der Waals surface area contributed by atoms with Crippen LogP contribution in [0.5, 0.6) is 0 Å². The molecule has 0 aliphatic carbocycles. The largest absolute Gasteiger partial charge is 0.334 e. The summed E-state index contributed by atoms with van der Waals surface area (Å²) in [6.45, 7) is 1.80. The Labute approximate surface area is 92.0 Å². The first kappa shape index (κ1) is 10.1. The second-order valence-corrected chi connectivity index (χ2v) is 3.69. The molecule has 0 aliphatic heterocycles. The zero-order valence-electron chi connectivity index (χ0n) is 8.14. The first-order chi connectivity index (χ1) is 7.16. The molecule has 1 heterocycles. The Hall–Kier alpha value is -1.39. The van der Waals surface area contributed by atoms with Crippen LogP contribution in [-0.2, 0) is 0 Å². The Balaban J connectivity index is 2.33. The van der Waals surface area contributed by atoms with Crippen LogP contribution in [0.2, 0.25) is 5.02 Å². The lowest BCUT2D eigenvalue weighted by Crippen LogP contribution is -2.06. The van der Waals surface area contributed by atoms with E-state index in [2.05, 4.69) is 10.1 Å².